The highest BCUT2D eigenvalue weighted by molar-refractivity contribution is 6.07. The van der Waals surface area contributed by atoms with Crippen molar-refractivity contribution >= 4 is 22.6 Å². The van der Waals surface area contributed by atoms with E-state index in [0.717, 1.165) is 34.4 Å². The normalized spacial score (nSPS) is 11.0. The van der Waals surface area contributed by atoms with E-state index < -0.39 is 0 Å². The predicted octanol–water partition coefficient (Wildman–Crippen LogP) is 3.05. The first-order chi connectivity index (χ1) is 13.6. The molecule has 0 aliphatic heterocycles. The molecule has 148 valence electrons. The van der Waals surface area contributed by atoms with Crippen molar-refractivity contribution in [3.05, 3.63) is 53.3 Å². The van der Waals surface area contributed by atoms with Crippen LogP contribution >= 0.6 is 0 Å². The van der Waals surface area contributed by atoms with Crippen LogP contribution in [0.25, 0.3) is 11.0 Å². The number of ether oxygens (including phenoxy) is 1. The number of carbonyl (C=O) groups is 1. The first-order valence-corrected chi connectivity index (χ1v) is 9.57. The highest BCUT2D eigenvalue weighted by Gasteiger charge is 2.19. The van der Waals surface area contributed by atoms with Gasteiger partial charge in [-0.3, -0.25) is 9.48 Å². The number of nitrogens with zero attached hydrogens (tertiary/aromatic N) is 3. The monoisotopic (exact) mass is 381 g/mol. The number of benzene rings is 1. The van der Waals surface area contributed by atoms with E-state index in [2.05, 4.69) is 32.8 Å². The maximum Gasteiger partial charge on any atom is 0.254 e. The van der Waals surface area contributed by atoms with Crippen molar-refractivity contribution in [2.24, 2.45) is 7.05 Å². The van der Waals surface area contributed by atoms with Crippen LogP contribution in [0, 0.1) is 6.92 Å². The van der Waals surface area contributed by atoms with Crippen LogP contribution in [0.15, 0.2) is 36.5 Å². The Kier molecular flexibility index (Phi) is 6.60. The second-order valence-corrected chi connectivity index (χ2v) is 6.60. The van der Waals surface area contributed by atoms with Crippen LogP contribution in [0.5, 0.6) is 0 Å². The molecule has 3 aromatic rings. The molecule has 7 heteroatoms. The van der Waals surface area contributed by atoms with Gasteiger partial charge in [-0.1, -0.05) is 30.3 Å². The van der Waals surface area contributed by atoms with E-state index in [0.29, 0.717) is 31.9 Å². The van der Waals surface area contributed by atoms with Gasteiger partial charge >= 0.3 is 0 Å². The minimum Gasteiger partial charge on any atom is -0.382 e. The second-order valence-electron chi connectivity index (χ2n) is 6.60. The van der Waals surface area contributed by atoms with Crippen molar-refractivity contribution in [3.8, 4) is 0 Å². The van der Waals surface area contributed by atoms with Crippen LogP contribution in [0.2, 0.25) is 0 Å². The predicted molar refractivity (Wildman–Crippen MR) is 110 cm³/mol. The molecule has 0 unspecified atom stereocenters. The third kappa shape index (κ3) is 4.48. The van der Waals surface area contributed by atoms with E-state index >= 15 is 0 Å². The van der Waals surface area contributed by atoms with E-state index in [1.165, 1.54) is 0 Å². The lowest BCUT2D eigenvalue weighted by Crippen LogP contribution is -2.26. The fraction of sp³-hybridized carbons (Fsp3) is 0.381. The van der Waals surface area contributed by atoms with Gasteiger partial charge in [-0.05, 0) is 25.8 Å². The standard InChI is InChI=1S/C21H27N5O2/c1-4-28-12-8-11-22-21(27)17-14-24-20-18(15(2)25-26(20)3)19(17)23-13-16-9-6-5-7-10-16/h5-7,9-10,14H,4,8,11-13H2,1-3H3,(H,22,27)(H,23,24). The number of fused-ring (bicyclic) bond motifs is 1. The van der Waals surface area contributed by atoms with Gasteiger partial charge in [0.25, 0.3) is 5.91 Å². The molecule has 0 radical (unpaired) electrons. The molecule has 7 nitrogen and oxygen atoms in total. The minimum atomic E-state index is -0.148. The summed E-state index contributed by atoms with van der Waals surface area (Å²) in [5.41, 5.74) is 4.02. The molecule has 1 aromatic carbocycles. The fourth-order valence-electron chi connectivity index (χ4n) is 3.17. The number of aromatic nitrogens is 3. The molecular weight excluding hydrogens is 354 g/mol. The van der Waals surface area contributed by atoms with E-state index in [-0.39, 0.29) is 5.91 Å². The van der Waals surface area contributed by atoms with Crippen molar-refractivity contribution < 1.29 is 9.53 Å². The molecule has 0 spiro atoms. The lowest BCUT2D eigenvalue weighted by Gasteiger charge is -2.14. The summed E-state index contributed by atoms with van der Waals surface area (Å²) in [6.07, 6.45) is 2.39. The van der Waals surface area contributed by atoms with Crippen molar-refractivity contribution in [1.29, 1.82) is 0 Å². The lowest BCUT2D eigenvalue weighted by molar-refractivity contribution is 0.0945. The Morgan fingerprint density at radius 3 is 2.79 bits per heavy atom. The van der Waals surface area contributed by atoms with Crippen molar-refractivity contribution in [2.45, 2.75) is 26.8 Å². The molecule has 0 aliphatic rings. The number of nitrogens with one attached hydrogen (secondary N) is 2. The maximum absolute atomic E-state index is 12.8. The van der Waals surface area contributed by atoms with Gasteiger partial charge in [-0.25, -0.2) is 4.98 Å². The summed E-state index contributed by atoms with van der Waals surface area (Å²) in [4.78, 5) is 17.3. The van der Waals surface area contributed by atoms with E-state index in [4.69, 9.17) is 4.74 Å². The van der Waals surface area contributed by atoms with Gasteiger partial charge in [0.2, 0.25) is 0 Å². The molecule has 3 rings (SSSR count). The number of hydrogen-bond acceptors (Lipinski definition) is 5. The number of aryl methyl sites for hydroxylation is 2. The smallest absolute Gasteiger partial charge is 0.254 e. The third-order valence-electron chi connectivity index (χ3n) is 4.54. The Bertz CT molecular complexity index is 937. The van der Waals surface area contributed by atoms with E-state index in [1.54, 1.807) is 10.9 Å². The molecule has 28 heavy (non-hydrogen) atoms. The number of anilines is 1. The lowest BCUT2D eigenvalue weighted by atomic mass is 10.1. The van der Waals surface area contributed by atoms with Crippen LogP contribution in [-0.4, -0.2) is 40.4 Å². The molecule has 0 atom stereocenters. The Morgan fingerprint density at radius 2 is 2.04 bits per heavy atom. The van der Waals surface area contributed by atoms with E-state index in [9.17, 15) is 4.79 Å². The van der Waals surface area contributed by atoms with Crippen molar-refractivity contribution in [3.63, 3.8) is 0 Å². The molecular formula is C21H27N5O2. The zero-order chi connectivity index (χ0) is 19.9. The molecule has 2 N–H and O–H groups in total. The molecule has 0 saturated heterocycles. The van der Waals surface area contributed by atoms with Gasteiger partial charge < -0.3 is 15.4 Å². The fourth-order valence-corrected chi connectivity index (χ4v) is 3.17. The average Bonchev–Trinajstić information content (AvgIpc) is 3.00. The molecule has 1 amide bonds. The van der Waals surface area contributed by atoms with Crippen molar-refractivity contribution in [1.82, 2.24) is 20.1 Å². The molecule has 0 bridgehead atoms. The molecule has 2 aromatic heterocycles. The second kappa shape index (κ2) is 9.32. The SMILES string of the molecule is CCOCCCNC(=O)c1cnc2c(c(C)nn2C)c1NCc1ccccc1. The summed E-state index contributed by atoms with van der Waals surface area (Å²) in [5.74, 6) is -0.148. The number of rotatable bonds is 9. The number of hydrogen-bond donors (Lipinski definition) is 2. The summed E-state index contributed by atoms with van der Waals surface area (Å²) < 4.78 is 7.06. The zero-order valence-electron chi connectivity index (χ0n) is 16.7. The zero-order valence-corrected chi connectivity index (χ0v) is 16.7. The number of pyridine rings is 1. The Morgan fingerprint density at radius 1 is 1.25 bits per heavy atom. The average molecular weight is 381 g/mol. The topological polar surface area (TPSA) is 81.1 Å². The largest absolute Gasteiger partial charge is 0.382 e. The number of amides is 1. The van der Waals surface area contributed by atoms with Crippen LogP contribution in [0.1, 0.15) is 35.0 Å². The van der Waals surface area contributed by atoms with Gasteiger partial charge in [0, 0.05) is 39.5 Å². The minimum absolute atomic E-state index is 0.148. The first-order valence-electron chi connectivity index (χ1n) is 9.57. The van der Waals surface area contributed by atoms with Crippen LogP contribution in [0.3, 0.4) is 0 Å². The first kappa shape index (κ1) is 19.8. The Labute approximate surface area is 165 Å². The van der Waals surface area contributed by atoms with Crippen LogP contribution in [0.4, 0.5) is 5.69 Å². The van der Waals surface area contributed by atoms with Crippen LogP contribution < -0.4 is 10.6 Å². The van der Waals surface area contributed by atoms with Gasteiger partial charge in [0.15, 0.2) is 5.65 Å². The summed E-state index contributed by atoms with van der Waals surface area (Å²) in [7, 11) is 1.86. The highest BCUT2D eigenvalue weighted by atomic mass is 16.5. The van der Waals surface area contributed by atoms with E-state index in [1.807, 2.05) is 39.1 Å². The Balaban J connectivity index is 1.86. The van der Waals surface area contributed by atoms with Gasteiger partial charge in [0.1, 0.15) is 0 Å². The summed E-state index contributed by atoms with van der Waals surface area (Å²) >= 11 is 0. The number of carbonyl (C=O) groups excluding carboxylic acids is 1. The van der Waals surface area contributed by atoms with Crippen molar-refractivity contribution in [2.75, 3.05) is 25.1 Å². The summed E-state index contributed by atoms with van der Waals surface area (Å²) in [5, 5.41) is 11.7. The highest BCUT2D eigenvalue weighted by Crippen LogP contribution is 2.29. The van der Waals surface area contributed by atoms with Gasteiger partial charge in [0.05, 0.1) is 22.3 Å². The summed E-state index contributed by atoms with van der Waals surface area (Å²) in [6.45, 7) is 6.37. The maximum atomic E-state index is 12.8. The van der Waals surface area contributed by atoms with Crippen LogP contribution in [-0.2, 0) is 18.3 Å². The molecule has 0 fully saturated rings. The Hall–Kier alpha value is -2.93. The van der Waals surface area contributed by atoms with Gasteiger partial charge in [-0.15, -0.1) is 0 Å². The molecule has 0 saturated carbocycles. The molecule has 0 aliphatic carbocycles. The third-order valence-corrected chi connectivity index (χ3v) is 4.54. The summed E-state index contributed by atoms with van der Waals surface area (Å²) in [6, 6.07) is 10.1. The van der Waals surface area contributed by atoms with Gasteiger partial charge in [-0.2, -0.15) is 5.10 Å². The molecule has 2 heterocycles. The quantitative estimate of drug-likeness (QED) is 0.557.